The second-order valence-corrected chi connectivity index (χ2v) is 11.2. The van der Waals surface area contributed by atoms with Crippen LogP contribution in [0.15, 0.2) is 47.4 Å². The summed E-state index contributed by atoms with van der Waals surface area (Å²) in [6.45, 7) is 0.491. The summed E-state index contributed by atoms with van der Waals surface area (Å²) in [5.41, 5.74) is 0.341. The molecule has 1 saturated heterocycles. The third kappa shape index (κ3) is 5.97. The average Bonchev–Trinajstić information content (AvgIpc) is 2.82. The second kappa shape index (κ2) is 10.6. The number of anilines is 2. The van der Waals surface area contributed by atoms with Crippen molar-refractivity contribution < 1.29 is 35.8 Å². The molecule has 2 aromatic carbocycles. The van der Waals surface area contributed by atoms with Gasteiger partial charge in [-0.05, 0) is 30.3 Å². The summed E-state index contributed by atoms with van der Waals surface area (Å²) in [6.07, 6.45) is 0.982. The zero-order valence-corrected chi connectivity index (χ0v) is 20.7. The SMILES string of the molecule is COc1cccc(N(CC(=O)Nc2cc(S(=O)(=O)N3CCOCC3)ccc2OC)S(C)(=O)=O)c1. The number of carbonyl (C=O) groups is 1. The van der Waals surface area contributed by atoms with Crippen LogP contribution in [0.1, 0.15) is 0 Å². The Kier molecular flexibility index (Phi) is 8.02. The molecule has 0 unspecified atom stereocenters. The van der Waals surface area contributed by atoms with Gasteiger partial charge in [0.25, 0.3) is 0 Å². The lowest BCUT2D eigenvalue weighted by Crippen LogP contribution is -2.40. The first-order chi connectivity index (χ1) is 16.1. The number of hydrogen-bond acceptors (Lipinski definition) is 8. The van der Waals surface area contributed by atoms with E-state index in [4.69, 9.17) is 14.2 Å². The van der Waals surface area contributed by atoms with Gasteiger partial charge in [0.1, 0.15) is 18.0 Å². The Bertz CT molecular complexity index is 1240. The molecule has 0 saturated carbocycles. The molecule has 0 spiro atoms. The van der Waals surface area contributed by atoms with E-state index >= 15 is 0 Å². The lowest BCUT2D eigenvalue weighted by atomic mass is 10.2. The van der Waals surface area contributed by atoms with Crippen molar-refractivity contribution in [3.63, 3.8) is 0 Å². The van der Waals surface area contributed by atoms with Gasteiger partial charge in [0.2, 0.25) is 26.0 Å². The molecule has 1 aliphatic heterocycles. The van der Waals surface area contributed by atoms with Crippen LogP contribution >= 0.6 is 0 Å². The predicted octanol–water partition coefficient (Wildman–Crippen LogP) is 1.13. The van der Waals surface area contributed by atoms with Crippen molar-refractivity contribution in [2.75, 3.05) is 62.9 Å². The van der Waals surface area contributed by atoms with Gasteiger partial charge in [0.15, 0.2) is 0 Å². The van der Waals surface area contributed by atoms with Crippen LogP contribution in [0.4, 0.5) is 11.4 Å². The van der Waals surface area contributed by atoms with Gasteiger partial charge in [-0.15, -0.1) is 0 Å². The van der Waals surface area contributed by atoms with Crippen molar-refractivity contribution in [3.05, 3.63) is 42.5 Å². The number of amides is 1. The number of methoxy groups -OCH3 is 2. The lowest BCUT2D eigenvalue weighted by Gasteiger charge is -2.26. The summed E-state index contributed by atoms with van der Waals surface area (Å²) in [6, 6.07) is 10.4. The minimum Gasteiger partial charge on any atom is -0.497 e. The van der Waals surface area contributed by atoms with Crippen LogP contribution in [0.2, 0.25) is 0 Å². The Balaban J connectivity index is 1.87. The molecule has 11 nitrogen and oxygen atoms in total. The van der Waals surface area contributed by atoms with Gasteiger partial charge in [-0.1, -0.05) is 6.07 Å². The van der Waals surface area contributed by atoms with E-state index in [1.165, 1.54) is 48.9 Å². The molecule has 0 bridgehead atoms. The minimum atomic E-state index is -3.82. The highest BCUT2D eigenvalue weighted by molar-refractivity contribution is 7.92. The summed E-state index contributed by atoms with van der Waals surface area (Å²) in [7, 11) is -4.82. The molecule has 34 heavy (non-hydrogen) atoms. The molecule has 13 heteroatoms. The molecule has 1 N–H and O–H groups in total. The van der Waals surface area contributed by atoms with E-state index in [1.807, 2.05) is 0 Å². The number of ether oxygens (including phenoxy) is 3. The van der Waals surface area contributed by atoms with E-state index in [9.17, 15) is 21.6 Å². The summed E-state index contributed by atoms with van der Waals surface area (Å²) in [4.78, 5) is 12.8. The minimum absolute atomic E-state index is 0.0294. The largest absolute Gasteiger partial charge is 0.497 e. The molecule has 3 rings (SSSR count). The summed E-state index contributed by atoms with van der Waals surface area (Å²) in [5, 5.41) is 2.57. The van der Waals surface area contributed by atoms with Gasteiger partial charge in [-0.3, -0.25) is 9.10 Å². The number of benzene rings is 2. The Morgan fingerprint density at radius 3 is 2.38 bits per heavy atom. The highest BCUT2D eigenvalue weighted by Crippen LogP contribution is 2.30. The van der Waals surface area contributed by atoms with Crippen LogP contribution in [-0.4, -0.2) is 80.4 Å². The van der Waals surface area contributed by atoms with Gasteiger partial charge < -0.3 is 19.5 Å². The van der Waals surface area contributed by atoms with Gasteiger partial charge in [-0.2, -0.15) is 4.31 Å². The van der Waals surface area contributed by atoms with Gasteiger partial charge in [0, 0.05) is 19.2 Å². The Morgan fingerprint density at radius 2 is 1.76 bits per heavy atom. The highest BCUT2D eigenvalue weighted by Gasteiger charge is 2.28. The number of morpholine rings is 1. The monoisotopic (exact) mass is 513 g/mol. The quantitative estimate of drug-likeness (QED) is 0.528. The molecule has 1 heterocycles. The number of carbonyl (C=O) groups excluding carboxylic acids is 1. The van der Waals surface area contributed by atoms with Crippen LogP contribution in [0, 0.1) is 0 Å². The van der Waals surface area contributed by atoms with E-state index in [0.717, 1.165) is 10.6 Å². The van der Waals surface area contributed by atoms with Crippen LogP contribution < -0.4 is 19.1 Å². The Labute approximate surface area is 199 Å². The number of rotatable bonds is 9. The van der Waals surface area contributed by atoms with E-state index in [2.05, 4.69) is 5.32 Å². The van der Waals surface area contributed by atoms with Crippen molar-refractivity contribution in [2.24, 2.45) is 0 Å². The van der Waals surface area contributed by atoms with Crippen LogP contribution in [0.5, 0.6) is 11.5 Å². The third-order valence-corrected chi connectivity index (χ3v) is 8.12. The van der Waals surface area contributed by atoms with Crippen LogP contribution in [0.25, 0.3) is 0 Å². The molecular weight excluding hydrogens is 486 g/mol. The first-order valence-corrected chi connectivity index (χ1v) is 13.5. The maximum absolute atomic E-state index is 13.0. The summed E-state index contributed by atoms with van der Waals surface area (Å²) in [5.74, 6) is -0.0386. The van der Waals surface area contributed by atoms with Crippen molar-refractivity contribution >= 4 is 37.3 Å². The molecule has 1 fully saturated rings. The topological polar surface area (TPSA) is 132 Å². The average molecular weight is 514 g/mol. The standard InChI is InChI=1S/C21H27N3O8S2/c1-30-17-6-4-5-16(13-17)24(33(3,26)27)15-21(25)22-19-14-18(7-8-20(19)31-2)34(28,29)23-9-11-32-12-10-23/h4-8,13-14H,9-12,15H2,1-3H3,(H,22,25). The molecule has 0 aromatic heterocycles. The number of nitrogens with zero attached hydrogens (tertiary/aromatic N) is 2. The van der Waals surface area contributed by atoms with Crippen molar-refractivity contribution in [1.82, 2.24) is 4.31 Å². The molecular formula is C21H27N3O8S2. The molecule has 186 valence electrons. The molecule has 0 radical (unpaired) electrons. The fourth-order valence-corrected chi connectivity index (χ4v) is 5.65. The predicted molar refractivity (Wildman–Crippen MR) is 126 cm³/mol. The fraction of sp³-hybridized carbons (Fsp3) is 0.381. The molecule has 0 atom stereocenters. The Morgan fingerprint density at radius 1 is 1.06 bits per heavy atom. The first kappa shape index (κ1) is 25.7. The molecule has 1 amide bonds. The third-order valence-electron chi connectivity index (χ3n) is 5.08. The Hall–Kier alpha value is -2.87. The van der Waals surface area contributed by atoms with Crippen LogP contribution in [-0.2, 0) is 29.6 Å². The smallest absolute Gasteiger partial charge is 0.245 e. The maximum atomic E-state index is 13.0. The second-order valence-electron chi connectivity index (χ2n) is 7.40. The zero-order chi connectivity index (χ0) is 24.9. The fourth-order valence-electron chi connectivity index (χ4n) is 3.37. The number of nitrogens with one attached hydrogen (secondary N) is 1. The normalized spacial score (nSPS) is 14.9. The van der Waals surface area contributed by atoms with Gasteiger partial charge >= 0.3 is 0 Å². The van der Waals surface area contributed by atoms with Crippen molar-refractivity contribution in [1.29, 1.82) is 0 Å². The van der Waals surface area contributed by atoms with E-state index in [1.54, 1.807) is 12.1 Å². The summed E-state index contributed by atoms with van der Waals surface area (Å²) < 4.78 is 68.6. The van der Waals surface area contributed by atoms with E-state index in [0.29, 0.717) is 19.0 Å². The number of hydrogen-bond donors (Lipinski definition) is 1. The van der Waals surface area contributed by atoms with E-state index in [-0.39, 0.29) is 35.1 Å². The zero-order valence-electron chi connectivity index (χ0n) is 19.1. The lowest BCUT2D eigenvalue weighted by molar-refractivity contribution is -0.114. The summed E-state index contributed by atoms with van der Waals surface area (Å²) >= 11 is 0. The molecule has 0 aliphatic carbocycles. The van der Waals surface area contributed by atoms with Crippen LogP contribution in [0.3, 0.4) is 0 Å². The highest BCUT2D eigenvalue weighted by atomic mass is 32.2. The number of sulfonamides is 2. The van der Waals surface area contributed by atoms with Gasteiger partial charge in [-0.25, -0.2) is 16.8 Å². The van der Waals surface area contributed by atoms with Gasteiger partial charge in [0.05, 0.1) is 50.0 Å². The maximum Gasteiger partial charge on any atom is 0.245 e. The molecule has 1 aliphatic rings. The molecule has 2 aromatic rings. The van der Waals surface area contributed by atoms with Crippen molar-refractivity contribution in [2.45, 2.75) is 4.90 Å². The first-order valence-electron chi connectivity index (χ1n) is 10.2. The van der Waals surface area contributed by atoms with Crippen molar-refractivity contribution in [3.8, 4) is 11.5 Å². The van der Waals surface area contributed by atoms with E-state index < -0.39 is 32.5 Å².